The molecule has 0 saturated heterocycles. The number of carbonyl (C=O) groups is 3. The molecule has 4 rings (SSSR count). The number of aliphatic carboxylic acids is 1. The average molecular weight is 520 g/mol. The Balaban J connectivity index is 1.67. The molecule has 0 aliphatic carbocycles. The highest BCUT2D eigenvalue weighted by molar-refractivity contribution is 6.06. The number of hydrogen-bond donors (Lipinski definition) is 4. The van der Waals surface area contributed by atoms with E-state index in [1.807, 2.05) is 50.2 Å². The van der Waals surface area contributed by atoms with E-state index in [2.05, 4.69) is 10.6 Å². The van der Waals surface area contributed by atoms with Gasteiger partial charge >= 0.3 is 17.6 Å². The zero-order valence-corrected chi connectivity index (χ0v) is 21.3. The molecule has 0 aliphatic rings. The van der Waals surface area contributed by atoms with E-state index in [4.69, 9.17) is 14.6 Å². The summed E-state index contributed by atoms with van der Waals surface area (Å²) in [6.07, 6.45) is 0.0207. The second-order valence-electron chi connectivity index (χ2n) is 9.22. The Morgan fingerprint density at radius 1 is 1.00 bits per heavy atom. The number of rotatable bonds is 9. The molecular weight excluding hydrogens is 490 g/mol. The first kappa shape index (κ1) is 26.5. The van der Waals surface area contributed by atoms with Crippen molar-refractivity contribution < 1.29 is 28.3 Å². The highest BCUT2D eigenvalue weighted by Crippen LogP contribution is 2.39. The lowest BCUT2D eigenvalue weighted by Gasteiger charge is -2.15. The zero-order valence-electron chi connectivity index (χ0n) is 21.3. The number of aryl methyl sites for hydroxylation is 3. The van der Waals surface area contributed by atoms with Crippen LogP contribution in [0.15, 0.2) is 50.0 Å². The Morgan fingerprint density at radius 3 is 2.34 bits per heavy atom. The summed E-state index contributed by atoms with van der Waals surface area (Å²) in [7, 11) is 0. The minimum absolute atomic E-state index is 0.0753. The van der Waals surface area contributed by atoms with Crippen molar-refractivity contribution in [2.24, 2.45) is 5.73 Å². The van der Waals surface area contributed by atoms with Crippen LogP contribution in [0.25, 0.3) is 33.1 Å². The average Bonchev–Trinajstić information content (AvgIpc) is 3.21. The van der Waals surface area contributed by atoms with Gasteiger partial charge in [-0.1, -0.05) is 30.3 Å². The predicted octanol–water partition coefficient (Wildman–Crippen LogP) is 3.69. The molecule has 10 heteroatoms. The van der Waals surface area contributed by atoms with Gasteiger partial charge in [0.2, 0.25) is 5.91 Å². The first-order chi connectivity index (χ1) is 18.1. The van der Waals surface area contributed by atoms with Gasteiger partial charge in [-0.3, -0.25) is 4.79 Å². The number of carbonyl (C=O) groups excluding carboxylic acids is 2. The molecule has 38 heavy (non-hydrogen) atoms. The summed E-state index contributed by atoms with van der Waals surface area (Å²) in [4.78, 5) is 48.1. The second kappa shape index (κ2) is 10.8. The third-order valence-electron chi connectivity index (χ3n) is 6.64. The number of nitrogens with one attached hydrogen (secondary N) is 2. The standard InChI is InChI=1S/C28H29N3O7/c1-14-18-12-20-23(17-8-5-4-6-9-17)16(3)37-25(20)15(2)24(18)38-27(35)19(14)13-22(32)31-21(26(33)34)10-7-11-30-28(29)36/h4-6,8-9,12,21H,7,10-11,13H2,1-3H3,(H,31,32)(H,33,34)(H3,29,30,36)/t21-/m0/s1. The predicted molar refractivity (Wildman–Crippen MR) is 142 cm³/mol. The van der Waals surface area contributed by atoms with Gasteiger partial charge in [-0.15, -0.1) is 0 Å². The van der Waals surface area contributed by atoms with Gasteiger partial charge in [-0.2, -0.15) is 0 Å². The van der Waals surface area contributed by atoms with Crippen LogP contribution in [0, 0.1) is 20.8 Å². The van der Waals surface area contributed by atoms with Gasteiger partial charge in [-0.25, -0.2) is 14.4 Å². The lowest BCUT2D eigenvalue weighted by Crippen LogP contribution is -2.42. The summed E-state index contributed by atoms with van der Waals surface area (Å²) in [5, 5.41) is 15.8. The summed E-state index contributed by atoms with van der Waals surface area (Å²) >= 11 is 0. The number of carboxylic acids is 1. The van der Waals surface area contributed by atoms with Crippen LogP contribution >= 0.6 is 0 Å². The molecule has 5 N–H and O–H groups in total. The van der Waals surface area contributed by atoms with Gasteiger partial charge in [-0.05, 0) is 50.8 Å². The van der Waals surface area contributed by atoms with Gasteiger partial charge in [0.15, 0.2) is 0 Å². The number of fused-ring (bicyclic) bond motifs is 2. The number of nitrogens with two attached hydrogens (primary N) is 1. The molecule has 0 aliphatic heterocycles. The number of urea groups is 1. The number of furan rings is 1. The second-order valence-corrected chi connectivity index (χ2v) is 9.22. The summed E-state index contributed by atoms with van der Waals surface area (Å²) < 4.78 is 11.7. The summed E-state index contributed by atoms with van der Waals surface area (Å²) in [5.41, 5.74) is 8.66. The Kier molecular flexibility index (Phi) is 7.52. The highest BCUT2D eigenvalue weighted by atomic mass is 16.4. The Labute approximate surface area is 217 Å². The molecule has 198 valence electrons. The van der Waals surface area contributed by atoms with E-state index < -0.39 is 29.6 Å². The van der Waals surface area contributed by atoms with Crippen molar-refractivity contribution in [3.05, 3.63) is 69.3 Å². The third kappa shape index (κ3) is 5.24. The van der Waals surface area contributed by atoms with Crippen molar-refractivity contribution in [2.45, 2.75) is 46.1 Å². The quantitative estimate of drug-likeness (QED) is 0.193. The van der Waals surface area contributed by atoms with Crippen molar-refractivity contribution in [1.82, 2.24) is 10.6 Å². The third-order valence-corrected chi connectivity index (χ3v) is 6.64. The maximum absolute atomic E-state index is 12.9. The fourth-order valence-corrected chi connectivity index (χ4v) is 4.72. The molecule has 0 fully saturated rings. The lowest BCUT2D eigenvalue weighted by molar-refractivity contribution is -0.141. The van der Waals surface area contributed by atoms with E-state index in [9.17, 15) is 24.3 Å². The zero-order chi connectivity index (χ0) is 27.6. The van der Waals surface area contributed by atoms with Gasteiger partial charge in [0, 0.05) is 28.4 Å². The minimum Gasteiger partial charge on any atom is -0.480 e. The molecule has 1 atom stereocenters. The van der Waals surface area contributed by atoms with Crippen LogP contribution in [0.3, 0.4) is 0 Å². The maximum atomic E-state index is 12.9. The molecule has 0 bridgehead atoms. The highest BCUT2D eigenvalue weighted by Gasteiger charge is 2.24. The van der Waals surface area contributed by atoms with Crippen molar-refractivity contribution in [3.8, 4) is 11.1 Å². The van der Waals surface area contributed by atoms with Crippen LogP contribution in [-0.2, 0) is 16.0 Å². The molecule has 0 spiro atoms. The maximum Gasteiger partial charge on any atom is 0.340 e. The largest absolute Gasteiger partial charge is 0.480 e. The summed E-state index contributed by atoms with van der Waals surface area (Å²) in [6.45, 7) is 5.62. The topological polar surface area (TPSA) is 165 Å². The van der Waals surface area contributed by atoms with E-state index in [1.165, 1.54) is 0 Å². The first-order valence-corrected chi connectivity index (χ1v) is 12.2. The molecule has 0 radical (unpaired) electrons. The molecule has 2 aromatic carbocycles. The van der Waals surface area contributed by atoms with E-state index in [-0.39, 0.29) is 24.9 Å². The van der Waals surface area contributed by atoms with Gasteiger partial charge in [0.25, 0.3) is 0 Å². The van der Waals surface area contributed by atoms with Crippen molar-refractivity contribution in [1.29, 1.82) is 0 Å². The number of carboxylic acid groups (broad SMARTS) is 1. The Bertz CT molecular complexity index is 1600. The fraction of sp³-hybridized carbons (Fsp3) is 0.286. The van der Waals surface area contributed by atoms with Crippen LogP contribution < -0.4 is 22.0 Å². The van der Waals surface area contributed by atoms with Gasteiger partial charge in [0.05, 0.1) is 12.0 Å². The van der Waals surface area contributed by atoms with Crippen molar-refractivity contribution in [2.75, 3.05) is 6.54 Å². The van der Waals surface area contributed by atoms with Crippen LogP contribution in [0.2, 0.25) is 0 Å². The minimum atomic E-state index is -1.22. The normalized spacial score (nSPS) is 12.0. The van der Waals surface area contributed by atoms with Crippen LogP contribution in [0.1, 0.15) is 35.3 Å². The molecule has 3 amide bonds. The van der Waals surface area contributed by atoms with E-state index in [1.54, 1.807) is 6.92 Å². The molecule has 4 aromatic rings. The van der Waals surface area contributed by atoms with Crippen molar-refractivity contribution >= 4 is 39.8 Å². The van der Waals surface area contributed by atoms with E-state index >= 15 is 0 Å². The number of primary amides is 1. The van der Waals surface area contributed by atoms with Gasteiger partial charge < -0.3 is 30.3 Å². The Morgan fingerprint density at radius 2 is 1.68 bits per heavy atom. The molecule has 0 unspecified atom stereocenters. The smallest absolute Gasteiger partial charge is 0.340 e. The lowest BCUT2D eigenvalue weighted by atomic mass is 9.96. The molecule has 2 aromatic heterocycles. The van der Waals surface area contributed by atoms with Crippen molar-refractivity contribution in [3.63, 3.8) is 0 Å². The summed E-state index contributed by atoms with van der Waals surface area (Å²) in [6, 6.07) is 9.82. The number of hydrogen-bond acceptors (Lipinski definition) is 6. The molecule has 2 heterocycles. The number of amides is 3. The van der Waals surface area contributed by atoms with E-state index in [0.717, 1.165) is 22.3 Å². The Hall–Kier alpha value is -4.60. The number of benzene rings is 2. The van der Waals surface area contributed by atoms with Crippen LogP contribution in [0.4, 0.5) is 4.79 Å². The molecule has 0 saturated carbocycles. The van der Waals surface area contributed by atoms with E-state index in [0.29, 0.717) is 34.1 Å². The monoisotopic (exact) mass is 519 g/mol. The fourth-order valence-electron chi connectivity index (χ4n) is 4.72. The molecule has 10 nitrogen and oxygen atoms in total. The molecular formula is C28H29N3O7. The SMILES string of the molecule is Cc1oc2c(C)c3oc(=O)c(CC(=O)N[C@@H](CCCNC(N)=O)C(=O)O)c(C)c3cc2c1-c1ccccc1. The summed E-state index contributed by atoms with van der Waals surface area (Å²) in [5.74, 6) is -1.12. The first-order valence-electron chi connectivity index (χ1n) is 12.2. The van der Waals surface area contributed by atoms with Gasteiger partial charge in [0.1, 0.15) is 23.0 Å². The van der Waals surface area contributed by atoms with Crippen LogP contribution in [-0.4, -0.2) is 35.6 Å². The van der Waals surface area contributed by atoms with Crippen LogP contribution in [0.5, 0.6) is 0 Å².